The Hall–Kier alpha value is -1.64. The van der Waals surface area contributed by atoms with Gasteiger partial charge in [-0.2, -0.15) is 0 Å². The van der Waals surface area contributed by atoms with Crippen molar-refractivity contribution in [2.24, 2.45) is 0 Å². The highest BCUT2D eigenvalue weighted by Crippen LogP contribution is 2.29. The van der Waals surface area contributed by atoms with Gasteiger partial charge in [0.1, 0.15) is 4.90 Å². The Balaban J connectivity index is 2.45. The highest BCUT2D eigenvalue weighted by atomic mass is 79.9. The lowest BCUT2D eigenvalue weighted by atomic mass is 10.2. The minimum atomic E-state index is -3.95. The van der Waals surface area contributed by atoms with E-state index in [1.807, 2.05) is 0 Å². The Labute approximate surface area is 140 Å². The van der Waals surface area contributed by atoms with Gasteiger partial charge in [-0.05, 0) is 30.7 Å². The molecule has 0 saturated heterocycles. The van der Waals surface area contributed by atoms with Gasteiger partial charge in [-0.3, -0.25) is 14.8 Å². The van der Waals surface area contributed by atoms with E-state index in [0.29, 0.717) is 10.0 Å². The van der Waals surface area contributed by atoms with E-state index in [1.54, 1.807) is 13.0 Å². The molecule has 1 N–H and O–H groups in total. The minimum absolute atomic E-state index is 0.0463. The topological polar surface area (TPSA) is 89.3 Å². The van der Waals surface area contributed by atoms with Crippen molar-refractivity contribution in [3.63, 3.8) is 0 Å². The average Bonchev–Trinajstić information content (AvgIpc) is 2.40. The normalized spacial score (nSPS) is 11.2. The van der Waals surface area contributed by atoms with Crippen molar-refractivity contribution in [3.05, 3.63) is 61.6 Å². The fourth-order valence-electron chi connectivity index (χ4n) is 1.73. The largest absolute Gasteiger partial charge is 0.279 e. The van der Waals surface area contributed by atoms with Crippen LogP contribution in [-0.4, -0.2) is 13.3 Å². The zero-order chi connectivity index (χ0) is 16.5. The van der Waals surface area contributed by atoms with Gasteiger partial charge in [0.15, 0.2) is 0 Å². The van der Waals surface area contributed by atoms with E-state index in [2.05, 4.69) is 20.7 Å². The third-order valence-electron chi connectivity index (χ3n) is 2.86. The summed E-state index contributed by atoms with van der Waals surface area (Å²) in [7, 11) is -3.95. The first-order valence-corrected chi connectivity index (χ1v) is 8.59. The number of benzene rings is 2. The monoisotopic (exact) mass is 404 g/mol. The Morgan fingerprint density at radius 2 is 1.91 bits per heavy atom. The smallest absolute Gasteiger partial charge is 0.271 e. The molecule has 0 unspecified atom stereocenters. The molecule has 0 aliphatic heterocycles. The Kier molecular flexibility index (Phi) is 4.74. The third-order valence-corrected chi connectivity index (χ3v) is 5.20. The summed E-state index contributed by atoms with van der Waals surface area (Å²) in [4.78, 5) is 10.1. The molecule has 2 rings (SSSR count). The number of sulfonamides is 1. The number of rotatable bonds is 4. The van der Waals surface area contributed by atoms with Crippen LogP contribution in [0.4, 0.5) is 11.4 Å². The Morgan fingerprint density at radius 3 is 2.50 bits per heavy atom. The molecule has 0 saturated carbocycles. The summed E-state index contributed by atoms with van der Waals surface area (Å²) < 4.78 is 27.7. The molecule has 9 heteroatoms. The van der Waals surface area contributed by atoms with E-state index >= 15 is 0 Å². The SMILES string of the molecule is Cc1ccc([N+](=O)[O-])cc1NS(=O)(=O)c1ccc(Br)cc1Cl. The van der Waals surface area contributed by atoms with E-state index in [9.17, 15) is 18.5 Å². The van der Waals surface area contributed by atoms with Gasteiger partial charge >= 0.3 is 0 Å². The number of nitrogens with zero attached hydrogens (tertiary/aromatic N) is 1. The number of non-ortho nitro benzene ring substituents is 1. The van der Waals surface area contributed by atoms with Crippen LogP contribution in [0.3, 0.4) is 0 Å². The summed E-state index contributed by atoms with van der Waals surface area (Å²) in [5.74, 6) is 0. The molecule has 0 bridgehead atoms. The van der Waals surface area contributed by atoms with Gasteiger partial charge in [-0.25, -0.2) is 8.42 Å². The van der Waals surface area contributed by atoms with Crippen molar-refractivity contribution in [1.29, 1.82) is 0 Å². The minimum Gasteiger partial charge on any atom is -0.279 e. The van der Waals surface area contributed by atoms with Gasteiger partial charge in [-0.15, -0.1) is 0 Å². The van der Waals surface area contributed by atoms with Crippen LogP contribution in [0.5, 0.6) is 0 Å². The molecule has 0 radical (unpaired) electrons. The molecule has 0 aliphatic carbocycles. The van der Waals surface area contributed by atoms with Crippen LogP contribution in [0.15, 0.2) is 45.8 Å². The van der Waals surface area contributed by atoms with Gasteiger partial charge in [0, 0.05) is 16.6 Å². The first-order valence-electron chi connectivity index (χ1n) is 5.93. The fraction of sp³-hybridized carbons (Fsp3) is 0.0769. The fourth-order valence-corrected chi connectivity index (χ4v) is 3.89. The molecule has 116 valence electrons. The lowest BCUT2D eigenvalue weighted by Crippen LogP contribution is -2.14. The second kappa shape index (κ2) is 6.23. The molecule has 2 aromatic rings. The van der Waals surface area contributed by atoms with E-state index in [0.717, 1.165) is 0 Å². The number of nitro groups is 1. The molecule has 0 heterocycles. The van der Waals surface area contributed by atoms with Gasteiger partial charge in [0.05, 0.1) is 15.6 Å². The maximum absolute atomic E-state index is 12.4. The molecule has 6 nitrogen and oxygen atoms in total. The zero-order valence-electron chi connectivity index (χ0n) is 11.2. The quantitative estimate of drug-likeness (QED) is 0.612. The third kappa shape index (κ3) is 3.57. The van der Waals surface area contributed by atoms with Crippen molar-refractivity contribution in [3.8, 4) is 0 Å². The first kappa shape index (κ1) is 16.7. The summed E-state index contributed by atoms with van der Waals surface area (Å²) in [5, 5.41) is 10.8. The predicted molar refractivity (Wildman–Crippen MR) is 87.8 cm³/mol. The number of halogens is 2. The summed E-state index contributed by atoms with van der Waals surface area (Å²) in [6, 6.07) is 8.29. The van der Waals surface area contributed by atoms with Crippen LogP contribution < -0.4 is 4.72 Å². The van der Waals surface area contributed by atoms with Crippen LogP contribution >= 0.6 is 27.5 Å². The molecular formula is C13H10BrClN2O4S. The number of nitro benzene ring substituents is 1. The summed E-state index contributed by atoms with van der Waals surface area (Å²) in [5.41, 5.74) is 0.487. The van der Waals surface area contributed by atoms with Crippen molar-refractivity contribution >= 4 is 48.9 Å². The number of anilines is 1. The second-order valence-corrected chi connectivity index (χ2v) is 7.41. The van der Waals surface area contributed by atoms with Crippen molar-refractivity contribution in [2.75, 3.05) is 4.72 Å². The number of hydrogen-bond acceptors (Lipinski definition) is 4. The van der Waals surface area contributed by atoms with Crippen LogP contribution in [0.1, 0.15) is 5.56 Å². The summed E-state index contributed by atoms with van der Waals surface area (Å²) in [6.07, 6.45) is 0. The molecule has 0 fully saturated rings. The number of aryl methyl sites for hydroxylation is 1. The summed E-state index contributed by atoms with van der Waals surface area (Å²) >= 11 is 9.14. The van der Waals surface area contributed by atoms with Gasteiger partial charge in [0.2, 0.25) is 0 Å². The first-order chi connectivity index (χ1) is 10.2. The van der Waals surface area contributed by atoms with Crippen molar-refractivity contribution in [1.82, 2.24) is 0 Å². The van der Waals surface area contributed by atoms with Crippen LogP contribution in [0.25, 0.3) is 0 Å². The standard InChI is InChI=1S/C13H10BrClN2O4S/c1-8-2-4-10(17(18)19)7-12(8)16-22(20,21)13-5-3-9(14)6-11(13)15/h2-7,16H,1H3. The maximum atomic E-state index is 12.4. The Morgan fingerprint density at radius 1 is 1.23 bits per heavy atom. The molecule has 22 heavy (non-hydrogen) atoms. The highest BCUT2D eigenvalue weighted by Gasteiger charge is 2.20. The number of hydrogen-bond donors (Lipinski definition) is 1. The van der Waals surface area contributed by atoms with E-state index in [-0.39, 0.29) is 21.3 Å². The molecule has 0 aromatic heterocycles. The zero-order valence-corrected chi connectivity index (χ0v) is 14.4. The maximum Gasteiger partial charge on any atom is 0.271 e. The average molecular weight is 406 g/mol. The van der Waals surface area contributed by atoms with E-state index in [4.69, 9.17) is 11.6 Å². The van der Waals surface area contributed by atoms with Gasteiger partial charge < -0.3 is 0 Å². The molecule has 0 amide bonds. The number of nitrogens with one attached hydrogen (secondary N) is 1. The molecule has 0 spiro atoms. The highest BCUT2D eigenvalue weighted by molar-refractivity contribution is 9.10. The molecule has 0 aliphatic rings. The molecule has 2 aromatic carbocycles. The van der Waals surface area contributed by atoms with Crippen molar-refractivity contribution in [2.45, 2.75) is 11.8 Å². The lowest BCUT2D eigenvalue weighted by Gasteiger charge is -2.11. The molecular weight excluding hydrogens is 396 g/mol. The Bertz CT molecular complexity index is 855. The second-order valence-electron chi connectivity index (χ2n) is 4.44. The lowest BCUT2D eigenvalue weighted by molar-refractivity contribution is -0.384. The van der Waals surface area contributed by atoms with Crippen molar-refractivity contribution < 1.29 is 13.3 Å². The van der Waals surface area contributed by atoms with Crippen LogP contribution in [-0.2, 0) is 10.0 Å². The van der Waals surface area contributed by atoms with Gasteiger partial charge in [-0.1, -0.05) is 33.6 Å². The van der Waals surface area contributed by atoms with E-state index < -0.39 is 14.9 Å². The summed E-state index contributed by atoms with van der Waals surface area (Å²) in [6.45, 7) is 1.64. The molecule has 0 atom stereocenters. The van der Waals surface area contributed by atoms with E-state index in [1.165, 1.54) is 30.3 Å². The van der Waals surface area contributed by atoms with Crippen LogP contribution in [0, 0.1) is 17.0 Å². The van der Waals surface area contributed by atoms with Gasteiger partial charge in [0.25, 0.3) is 15.7 Å². The van der Waals surface area contributed by atoms with Crippen LogP contribution in [0.2, 0.25) is 5.02 Å². The predicted octanol–water partition coefficient (Wildman–Crippen LogP) is 4.12.